The molecule has 0 aliphatic carbocycles. The highest BCUT2D eigenvalue weighted by molar-refractivity contribution is 5.89. The van der Waals surface area contributed by atoms with E-state index >= 15 is 0 Å². The van der Waals surface area contributed by atoms with E-state index < -0.39 is 23.8 Å². The number of rotatable bonds is 7. The Kier molecular flexibility index (Phi) is 7.23. The molecule has 3 amide bonds. The summed E-state index contributed by atoms with van der Waals surface area (Å²) in [5, 5.41) is 17.3. The lowest BCUT2D eigenvalue weighted by atomic mass is 10.0. The quantitative estimate of drug-likeness (QED) is 0.314. The van der Waals surface area contributed by atoms with Gasteiger partial charge in [0.2, 0.25) is 5.91 Å². The van der Waals surface area contributed by atoms with Gasteiger partial charge in [-0.3, -0.25) is 20.3 Å². The lowest BCUT2D eigenvalue weighted by molar-refractivity contribution is -0.141. The molecule has 0 aliphatic rings. The van der Waals surface area contributed by atoms with E-state index in [1.807, 2.05) is 0 Å². The van der Waals surface area contributed by atoms with Gasteiger partial charge in [-0.2, -0.15) is 18.3 Å². The normalized spacial score (nSPS) is 11.2. The number of amides is 3. The maximum atomic E-state index is 13.1. The smallest absolute Gasteiger partial charge is 0.338 e. The number of alkyl halides is 3. The molecule has 3 heterocycles. The van der Waals surface area contributed by atoms with Crippen molar-refractivity contribution in [2.45, 2.75) is 25.9 Å². The van der Waals surface area contributed by atoms with E-state index in [0.717, 1.165) is 16.9 Å². The van der Waals surface area contributed by atoms with Crippen LogP contribution in [-0.2, 0) is 17.4 Å². The van der Waals surface area contributed by atoms with Crippen molar-refractivity contribution in [3.8, 4) is 16.8 Å². The van der Waals surface area contributed by atoms with Crippen LogP contribution >= 0.6 is 0 Å². The Hall–Kier alpha value is -4.00. The van der Waals surface area contributed by atoms with Gasteiger partial charge in [-0.15, -0.1) is 0 Å². The summed E-state index contributed by atoms with van der Waals surface area (Å²) >= 11 is 0. The summed E-state index contributed by atoms with van der Waals surface area (Å²) in [4.78, 5) is 31.5. The average molecular weight is 463 g/mol. The second-order valence-electron chi connectivity index (χ2n) is 6.83. The molecule has 3 aromatic rings. The fraction of sp³-hybridized carbons (Fsp3) is 0.250. The van der Waals surface area contributed by atoms with E-state index in [9.17, 15) is 22.8 Å². The van der Waals surface area contributed by atoms with Crippen LogP contribution in [0.1, 0.15) is 24.6 Å². The van der Waals surface area contributed by atoms with Crippen molar-refractivity contribution in [3.63, 3.8) is 0 Å². The van der Waals surface area contributed by atoms with Crippen LogP contribution in [0.4, 0.5) is 23.8 Å². The largest absolute Gasteiger partial charge is 0.435 e. The standard InChI is InChI=1S/C20H20F3N7O3/c1-2-25-19(32)27-17-8-15(30-6-5-16(28-30)20(21,22)23)14(11-26-17)13-7-12(9-24-10-13)3-4-18(31)29-33/h5-11,33H,2-4H2,1H3,(H,29,31)(H2,25,26,27,32). The molecule has 0 fully saturated rings. The fourth-order valence-corrected chi connectivity index (χ4v) is 2.94. The molecular weight excluding hydrogens is 443 g/mol. The number of carbonyl (C=O) groups is 2. The average Bonchev–Trinajstić information content (AvgIpc) is 3.29. The fourth-order valence-electron chi connectivity index (χ4n) is 2.94. The van der Waals surface area contributed by atoms with Gasteiger partial charge in [-0.1, -0.05) is 0 Å². The van der Waals surface area contributed by atoms with Crippen LogP contribution in [0.5, 0.6) is 0 Å². The number of hydroxylamine groups is 1. The molecule has 4 N–H and O–H groups in total. The zero-order valence-corrected chi connectivity index (χ0v) is 17.3. The van der Waals surface area contributed by atoms with Crippen LogP contribution in [0, 0.1) is 0 Å². The monoisotopic (exact) mass is 463 g/mol. The van der Waals surface area contributed by atoms with Gasteiger partial charge < -0.3 is 5.32 Å². The number of pyridine rings is 2. The first-order valence-corrected chi connectivity index (χ1v) is 9.76. The predicted octanol–water partition coefficient (Wildman–Crippen LogP) is 2.93. The number of carbonyl (C=O) groups excluding carboxylic acids is 2. The molecule has 0 aromatic carbocycles. The number of halogens is 3. The minimum absolute atomic E-state index is 0.0102. The molecule has 0 atom stereocenters. The molecule has 0 bridgehead atoms. The molecule has 0 aliphatic heterocycles. The van der Waals surface area contributed by atoms with Crippen molar-refractivity contribution in [2.75, 3.05) is 11.9 Å². The van der Waals surface area contributed by atoms with Crippen LogP contribution in [0.2, 0.25) is 0 Å². The highest BCUT2D eigenvalue weighted by atomic mass is 19.4. The van der Waals surface area contributed by atoms with Crippen LogP contribution in [0.25, 0.3) is 16.8 Å². The molecule has 13 heteroatoms. The lowest BCUT2D eigenvalue weighted by Gasteiger charge is -2.13. The topological polar surface area (TPSA) is 134 Å². The van der Waals surface area contributed by atoms with Gasteiger partial charge in [0.05, 0.1) is 5.69 Å². The predicted molar refractivity (Wildman–Crippen MR) is 111 cm³/mol. The first-order valence-electron chi connectivity index (χ1n) is 9.76. The van der Waals surface area contributed by atoms with Gasteiger partial charge in [0.25, 0.3) is 0 Å². The Morgan fingerprint density at radius 1 is 1.18 bits per heavy atom. The molecule has 33 heavy (non-hydrogen) atoms. The van der Waals surface area contributed by atoms with Gasteiger partial charge in [-0.25, -0.2) is 19.9 Å². The minimum Gasteiger partial charge on any atom is -0.338 e. The molecule has 0 radical (unpaired) electrons. The molecule has 0 unspecified atom stereocenters. The summed E-state index contributed by atoms with van der Waals surface area (Å²) < 4.78 is 40.3. The number of urea groups is 1. The molecule has 174 valence electrons. The lowest BCUT2D eigenvalue weighted by Crippen LogP contribution is -2.28. The Bertz CT molecular complexity index is 1150. The van der Waals surface area contributed by atoms with E-state index in [2.05, 4.69) is 25.7 Å². The van der Waals surface area contributed by atoms with Crippen LogP contribution in [0.3, 0.4) is 0 Å². The molecule has 3 aromatic heterocycles. The number of nitrogens with zero attached hydrogens (tertiary/aromatic N) is 4. The van der Waals surface area contributed by atoms with E-state index in [0.29, 0.717) is 23.2 Å². The summed E-state index contributed by atoms with van der Waals surface area (Å²) in [6, 6.07) is 3.40. The Morgan fingerprint density at radius 2 is 1.97 bits per heavy atom. The second kappa shape index (κ2) is 10.1. The van der Waals surface area contributed by atoms with Gasteiger partial charge in [0.15, 0.2) is 5.69 Å². The maximum Gasteiger partial charge on any atom is 0.435 e. The highest BCUT2D eigenvalue weighted by Gasteiger charge is 2.33. The molecule has 0 saturated carbocycles. The van der Waals surface area contributed by atoms with Crippen LogP contribution in [-0.4, -0.2) is 43.4 Å². The number of hydrogen-bond donors (Lipinski definition) is 4. The number of nitrogens with one attached hydrogen (secondary N) is 3. The van der Waals surface area contributed by atoms with E-state index in [1.54, 1.807) is 18.5 Å². The Balaban J connectivity index is 2.03. The van der Waals surface area contributed by atoms with Crippen molar-refractivity contribution in [3.05, 3.63) is 54.2 Å². The van der Waals surface area contributed by atoms with Crippen molar-refractivity contribution < 1.29 is 28.0 Å². The third kappa shape index (κ3) is 6.04. The van der Waals surface area contributed by atoms with Crippen molar-refractivity contribution in [1.29, 1.82) is 0 Å². The summed E-state index contributed by atoms with van der Waals surface area (Å²) in [5.74, 6) is -0.466. The van der Waals surface area contributed by atoms with Crippen molar-refractivity contribution >= 4 is 17.8 Å². The highest BCUT2D eigenvalue weighted by Crippen LogP contribution is 2.31. The molecule has 10 nitrogen and oxygen atoms in total. The maximum absolute atomic E-state index is 13.1. The van der Waals surface area contributed by atoms with Gasteiger partial charge in [-0.05, 0) is 31.0 Å². The van der Waals surface area contributed by atoms with Gasteiger partial charge in [0, 0.05) is 54.9 Å². The SMILES string of the molecule is CCNC(=O)Nc1cc(-n2ccc(C(F)(F)F)n2)c(-c2cncc(CCC(=O)NO)c2)cn1. The van der Waals surface area contributed by atoms with Crippen LogP contribution < -0.4 is 16.1 Å². The summed E-state index contributed by atoms with van der Waals surface area (Å²) in [5.41, 5.74) is 2.25. The van der Waals surface area contributed by atoms with Crippen molar-refractivity contribution in [2.24, 2.45) is 0 Å². The van der Waals surface area contributed by atoms with E-state index in [4.69, 9.17) is 5.21 Å². The molecule has 0 spiro atoms. The summed E-state index contributed by atoms with van der Waals surface area (Å²) in [6.45, 7) is 2.10. The second-order valence-corrected chi connectivity index (χ2v) is 6.83. The summed E-state index contributed by atoms with van der Waals surface area (Å²) in [6.07, 6.45) is 1.20. The van der Waals surface area contributed by atoms with Gasteiger partial charge >= 0.3 is 12.2 Å². The van der Waals surface area contributed by atoms with E-state index in [1.165, 1.54) is 24.7 Å². The van der Waals surface area contributed by atoms with E-state index in [-0.39, 0.29) is 24.3 Å². The van der Waals surface area contributed by atoms with Gasteiger partial charge in [0.1, 0.15) is 5.82 Å². The molecule has 3 rings (SSSR count). The number of aryl methyl sites for hydroxylation is 1. The zero-order chi connectivity index (χ0) is 24.0. The third-order valence-electron chi connectivity index (χ3n) is 4.46. The molecular formula is C20H20F3N7O3. The zero-order valence-electron chi connectivity index (χ0n) is 17.3. The van der Waals surface area contributed by atoms with Crippen LogP contribution in [0.15, 0.2) is 43.0 Å². The Morgan fingerprint density at radius 3 is 2.64 bits per heavy atom. The number of aromatic nitrogens is 4. The first-order chi connectivity index (χ1) is 15.7. The minimum atomic E-state index is -4.63. The number of anilines is 1. The summed E-state index contributed by atoms with van der Waals surface area (Å²) in [7, 11) is 0. The first kappa shape index (κ1) is 23.7. The van der Waals surface area contributed by atoms with Crippen molar-refractivity contribution in [1.82, 2.24) is 30.5 Å². The Labute approximate surface area is 185 Å². The molecule has 0 saturated heterocycles. The number of hydrogen-bond acceptors (Lipinski definition) is 6. The third-order valence-corrected chi connectivity index (χ3v) is 4.46.